The summed E-state index contributed by atoms with van der Waals surface area (Å²) in [6.45, 7) is 2.21. The van der Waals surface area contributed by atoms with Gasteiger partial charge >= 0.3 is 5.97 Å². The molecule has 0 aromatic carbocycles. The van der Waals surface area contributed by atoms with Gasteiger partial charge in [0.25, 0.3) is 0 Å². The number of aliphatic hydroxyl groups is 1. The van der Waals surface area contributed by atoms with Crippen molar-refractivity contribution >= 4 is 5.97 Å². The molecule has 1 atom stereocenters. The Labute approximate surface area is 141 Å². The van der Waals surface area contributed by atoms with E-state index < -0.39 is 5.97 Å². The topological polar surface area (TPSA) is 57.5 Å². The number of hydrogen-bond donors (Lipinski definition) is 2. The number of carboxylic acid groups (broad SMARTS) is 1. The minimum absolute atomic E-state index is 0.236. The van der Waals surface area contributed by atoms with Crippen LogP contribution in [0, 0.1) is 0 Å². The molecule has 0 rings (SSSR count). The third-order valence-corrected chi connectivity index (χ3v) is 3.58. The quantitative estimate of drug-likeness (QED) is 0.313. The first-order valence-electron chi connectivity index (χ1n) is 9.01. The highest BCUT2D eigenvalue weighted by molar-refractivity contribution is 5.66. The van der Waals surface area contributed by atoms with Crippen LogP contribution < -0.4 is 0 Å². The van der Waals surface area contributed by atoms with Crippen LogP contribution in [0.1, 0.15) is 77.6 Å². The van der Waals surface area contributed by atoms with Crippen LogP contribution in [0.3, 0.4) is 0 Å². The summed E-state index contributed by atoms with van der Waals surface area (Å²) in [6, 6.07) is 0. The monoisotopic (exact) mass is 322 g/mol. The minimum Gasteiger partial charge on any atom is -0.481 e. The van der Waals surface area contributed by atoms with Gasteiger partial charge in [0.1, 0.15) is 0 Å². The molecule has 0 aromatic rings. The molecular weight excluding hydrogens is 288 g/mol. The third kappa shape index (κ3) is 18.6. The summed E-state index contributed by atoms with van der Waals surface area (Å²) < 4.78 is 0. The van der Waals surface area contributed by atoms with Gasteiger partial charge in [0, 0.05) is 6.42 Å². The lowest BCUT2D eigenvalue weighted by Crippen LogP contribution is -2.03. The van der Waals surface area contributed by atoms with Crippen molar-refractivity contribution in [1.29, 1.82) is 0 Å². The van der Waals surface area contributed by atoms with Crippen LogP contribution in [0.25, 0.3) is 0 Å². The van der Waals surface area contributed by atoms with Gasteiger partial charge in [-0.3, -0.25) is 4.79 Å². The van der Waals surface area contributed by atoms with Crippen LogP contribution in [0.15, 0.2) is 36.5 Å². The second kappa shape index (κ2) is 17.0. The number of aliphatic carboxylic acids is 1. The summed E-state index contributed by atoms with van der Waals surface area (Å²) in [5.41, 5.74) is 0. The van der Waals surface area contributed by atoms with Crippen LogP contribution in [0.5, 0.6) is 0 Å². The number of carbonyl (C=O) groups is 1. The Kier molecular flexibility index (Phi) is 16.0. The fraction of sp³-hybridized carbons (Fsp3) is 0.650. The van der Waals surface area contributed by atoms with Crippen molar-refractivity contribution in [2.45, 2.75) is 83.7 Å². The molecule has 0 aliphatic heterocycles. The zero-order chi connectivity index (χ0) is 17.2. The van der Waals surface area contributed by atoms with Gasteiger partial charge in [0.05, 0.1) is 6.10 Å². The van der Waals surface area contributed by atoms with Crippen molar-refractivity contribution in [1.82, 2.24) is 0 Å². The molecule has 0 aromatic heterocycles. The predicted octanol–water partition coefficient (Wildman–Crippen LogP) is 5.41. The van der Waals surface area contributed by atoms with Crippen molar-refractivity contribution in [2.24, 2.45) is 0 Å². The number of aliphatic hydroxyl groups excluding tert-OH is 1. The van der Waals surface area contributed by atoms with E-state index in [1.165, 1.54) is 19.3 Å². The van der Waals surface area contributed by atoms with Crippen molar-refractivity contribution in [3.05, 3.63) is 36.5 Å². The Balaban J connectivity index is 3.48. The minimum atomic E-state index is -0.733. The molecule has 0 heterocycles. The van der Waals surface area contributed by atoms with Crippen LogP contribution in [0.4, 0.5) is 0 Å². The van der Waals surface area contributed by atoms with E-state index in [4.69, 9.17) is 5.11 Å². The van der Waals surface area contributed by atoms with E-state index in [1.54, 1.807) is 0 Å². The maximum Gasteiger partial charge on any atom is 0.303 e. The molecule has 0 spiro atoms. The number of rotatable bonds is 15. The molecule has 0 saturated heterocycles. The standard InChI is InChI=1S/C20H34O3/c1-2-3-4-5-7-10-13-16-19(21)17-14-11-8-6-9-12-15-18-20(22)23/h6-7,9-11,14,19,21H,2-5,8,12-13,15-18H2,1H3,(H,22,23)/b9-6-,10-7-,14-11-/t19-/m0/s1. The maximum atomic E-state index is 10.3. The Morgan fingerprint density at radius 1 is 0.913 bits per heavy atom. The normalized spacial score (nSPS) is 13.5. The molecule has 0 unspecified atom stereocenters. The van der Waals surface area contributed by atoms with Gasteiger partial charge in [0.15, 0.2) is 0 Å². The van der Waals surface area contributed by atoms with E-state index >= 15 is 0 Å². The lowest BCUT2D eigenvalue weighted by Gasteiger charge is -2.04. The summed E-state index contributed by atoms with van der Waals surface area (Å²) in [5, 5.41) is 18.4. The molecule has 0 bridgehead atoms. The Morgan fingerprint density at radius 3 is 2.30 bits per heavy atom. The summed E-state index contributed by atoms with van der Waals surface area (Å²) in [4.78, 5) is 10.3. The highest BCUT2D eigenvalue weighted by Gasteiger charge is 1.98. The van der Waals surface area contributed by atoms with E-state index in [0.29, 0.717) is 12.8 Å². The molecule has 3 heteroatoms. The van der Waals surface area contributed by atoms with Crippen molar-refractivity contribution < 1.29 is 15.0 Å². The van der Waals surface area contributed by atoms with Crippen LogP contribution >= 0.6 is 0 Å². The molecule has 132 valence electrons. The van der Waals surface area contributed by atoms with E-state index in [0.717, 1.165) is 32.1 Å². The number of unbranched alkanes of at least 4 members (excludes halogenated alkanes) is 4. The van der Waals surface area contributed by atoms with Gasteiger partial charge in [-0.2, -0.15) is 0 Å². The average Bonchev–Trinajstić information content (AvgIpc) is 2.52. The first-order valence-corrected chi connectivity index (χ1v) is 9.01. The predicted molar refractivity (Wildman–Crippen MR) is 97.5 cm³/mol. The first-order chi connectivity index (χ1) is 11.2. The van der Waals surface area contributed by atoms with E-state index in [9.17, 15) is 9.90 Å². The average molecular weight is 322 g/mol. The summed E-state index contributed by atoms with van der Waals surface area (Å²) >= 11 is 0. The molecule has 3 nitrogen and oxygen atoms in total. The van der Waals surface area contributed by atoms with Crippen molar-refractivity contribution in [3.8, 4) is 0 Å². The molecule has 0 aliphatic rings. The van der Waals surface area contributed by atoms with Crippen molar-refractivity contribution in [3.63, 3.8) is 0 Å². The molecule has 0 aliphatic carbocycles. The largest absolute Gasteiger partial charge is 0.481 e. The Hall–Kier alpha value is -1.35. The fourth-order valence-electron chi connectivity index (χ4n) is 2.17. The molecule has 2 N–H and O–H groups in total. The third-order valence-electron chi connectivity index (χ3n) is 3.58. The Morgan fingerprint density at radius 2 is 1.57 bits per heavy atom. The van der Waals surface area contributed by atoms with Crippen LogP contribution in [-0.4, -0.2) is 22.3 Å². The van der Waals surface area contributed by atoms with Crippen molar-refractivity contribution in [2.75, 3.05) is 0 Å². The van der Waals surface area contributed by atoms with Gasteiger partial charge in [-0.05, 0) is 51.4 Å². The van der Waals surface area contributed by atoms with Gasteiger partial charge < -0.3 is 10.2 Å². The lowest BCUT2D eigenvalue weighted by molar-refractivity contribution is -0.137. The zero-order valence-corrected chi connectivity index (χ0v) is 14.6. The second-order valence-electron chi connectivity index (χ2n) is 5.90. The van der Waals surface area contributed by atoms with Gasteiger partial charge in [-0.15, -0.1) is 0 Å². The summed E-state index contributed by atoms with van der Waals surface area (Å²) in [7, 11) is 0. The first kappa shape index (κ1) is 21.6. The van der Waals surface area contributed by atoms with Gasteiger partial charge in [0.2, 0.25) is 0 Å². The summed E-state index contributed by atoms with van der Waals surface area (Å²) in [5.74, 6) is -0.733. The highest BCUT2D eigenvalue weighted by Crippen LogP contribution is 2.06. The highest BCUT2D eigenvalue weighted by atomic mass is 16.4. The molecule has 0 saturated carbocycles. The molecule has 0 radical (unpaired) electrons. The molecular formula is C20H34O3. The fourth-order valence-corrected chi connectivity index (χ4v) is 2.17. The van der Waals surface area contributed by atoms with Gasteiger partial charge in [-0.25, -0.2) is 0 Å². The SMILES string of the molecule is CCCCC/C=C\CC[C@H](O)C/C=C\C/C=C\CCCC(=O)O. The van der Waals surface area contributed by atoms with E-state index in [-0.39, 0.29) is 12.5 Å². The maximum absolute atomic E-state index is 10.3. The zero-order valence-electron chi connectivity index (χ0n) is 14.6. The van der Waals surface area contributed by atoms with Crippen LogP contribution in [0.2, 0.25) is 0 Å². The van der Waals surface area contributed by atoms with E-state index in [1.807, 2.05) is 18.2 Å². The second-order valence-corrected chi connectivity index (χ2v) is 5.90. The number of carboxylic acids is 1. The van der Waals surface area contributed by atoms with E-state index in [2.05, 4.69) is 25.2 Å². The molecule has 0 fully saturated rings. The lowest BCUT2D eigenvalue weighted by atomic mass is 10.1. The summed E-state index contributed by atoms with van der Waals surface area (Å²) in [6.07, 6.45) is 22.3. The molecule has 23 heavy (non-hydrogen) atoms. The smallest absolute Gasteiger partial charge is 0.303 e. The van der Waals surface area contributed by atoms with Gasteiger partial charge in [-0.1, -0.05) is 56.2 Å². The Bertz CT molecular complexity index is 356. The van der Waals surface area contributed by atoms with Crippen LogP contribution in [-0.2, 0) is 4.79 Å². The number of allylic oxidation sites excluding steroid dienone is 5. The molecule has 0 amide bonds. The number of hydrogen-bond acceptors (Lipinski definition) is 2.